The lowest BCUT2D eigenvalue weighted by molar-refractivity contribution is 0.211. The van der Waals surface area contributed by atoms with Crippen molar-refractivity contribution in [2.24, 2.45) is 5.92 Å². The quantitative estimate of drug-likeness (QED) is 0.588. The molecule has 0 spiro atoms. The van der Waals surface area contributed by atoms with Gasteiger partial charge in [0, 0.05) is 12.1 Å². The third-order valence-electron chi connectivity index (χ3n) is 4.21. The highest BCUT2D eigenvalue weighted by Crippen LogP contribution is 2.20. The molecule has 1 N–H and O–H groups in total. The van der Waals surface area contributed by atoms with Crippen LogP contribution in [0, 0.1) is 5.92 Å². The summed E-state index contributed by atoms with van der Waals surface area (Å²) in [6.45, 7) is 8.72. The summed E-state index contributed by atoms with van der Waals surface area (Å²) in [5.41, 5.74) is 1.22. The molecule has 3 nitrogen and oxygen atoms in total. The van der Waals surface area contributed by atoms with Crippen molar-refractivity contribution < 1.29 is 4.74 Å². The standard InChI is InChI=1S/C18H28N2O/c1-3-14-21-18-7-5-4-6-17(18)15-19-11-8-16-9-12-20(2)13-10-16/h3-7,16,19H,1,8-15H2,2H3. The van der Waals surface area contributed by atoms with Crippen molar-refractivity contribution in [3.8, 4) is 5.75 Å². The van der Waals surface area contributed by atoms with Gasteiger partial charge in [-0.1, -0.05) is 30.9 Å². The maximum atomic E-state index is 5.68. The Balaban J connectivity index is 1.69. The Morgan fingerprint density at radius 3 is 2.86 bits per heavy atom. The minimum absolute atomic E-state index is 0.562. The number of nitrogens with zero attached hydrogens (tertiary/aromatic N) is 1. The number of rotatable bonds is 8. The molecule has 1 saturated heterocycles. The Kier molecular flexibility index (Phi) is 6.77. The van der Waals surface area contributed by atoms with E-state index in [2.05, 4.69) is 36.0 Å². The molecule has 1 aliphatic heterocycles. The van der Waals surface area contributed by atoms with Crippen LogP contribution in [0.1, 0.15) is 24.8 Å². The SMILES string of the molecule is C=CCOc1ccccc1CNCCC1CCN(C)CC1. The van der Waals surface area contributed by atoms with Gasteiger partial charge < -0.3 is 15.0 Å². The molecule has 0 atom stereocenters. The normalized spacial score (nSPS) is 16.8. The molecule has 3 heteroatoms. The van der Waals surface area contributed by atoms with Crippen LogP contribution in [-0.2, 0) is 6.54 Å². The van der Waals surface area contributed by atoms with E-state index in [1.807, 2.05) is 12.1 Å². The van der Waals surface area contributed by atoms with Crippen LogP contribution in [0.3, 0.4) is 0 Å². The summed E-state index contributed by atoms with van der Waals surface area (Å²) in [6, 6.07) is 8.23. The number of para-hydroxylation sites is 1. The second-order valence-corrected chi connectivity index (χ2v) is 5.92. The first kappa shape index (κ1) is 16.1. The van der Waals surface area contributed by atoms with Gasteiger partial charge in [0.15, 0.2) is 0 Å². The van der Waals surface area contributed by atoms with E-state index in [4.69, 9.17) is 4.74 Å². The minimum atomic E-state index is 0.562. The molecule has 1 aromatic carbocycles. The fourth-order valence-electron chi connectivity index (χ4n) is 2.82. The van der Waals surface area contributed by atoms with E-state index >= 15 is 0 Å². The van der Waals surface area contributed by atoms with Crippen LogP contribution in [-0.4, -0.2) is 38.2 Å². The second kappa shape index (κ2) is 8.85. The second-order valence-electron chi connectivity index (χ2n) is 5.92. The maximum Gasteiger partial charge on any atom is 0.124 e. The summed E-state index contributed by atoms with van der Waals surface area (Å²) in [4.78, 5) is 2.43. The molecule has 1 aliphatic rings. The van der Waals surface area contributed by atoms with Crippen molar-refractivity contribution in [2.75, 3.05) is 33.3 Å². The summed E-state index contributed by atoms with van der Waals surface area (Å²) in [5, 5.41) is 3.56. The van der Waals surface area contributed by atoms with Crippen molar-refractivity contribution in [1.29, 1.82) is 0 Å². The van der Waals surface area contributed by atoms with Crippen molar-refractivity contribution in [3.05, 3.63) is 42.5 Å². The molecule has 0 radical (unpaired) electrons. The molecule has 0 saturated carbocycles. The lowest BCUT2D eigenvalue weighted by Crippen LogP contribution is -2.31. The lowest BCUT2D eigenvalue weighted by atomic mass is 9.94. The van der Waals surface area contributed by atoms with Crippen LogP contribution in [0.4, 0.5) is 0 Å². The zero-order valence-corrected chi connectivity index (χ0v) is 13.2. The average molecular weight is 288 g/mol. The summed E-state index contributed by atoms with van der Waals surface area (Å²) in [6.07, 6.45) is 5.75. The molecule has 1 heterocycles. The zero-order valence-electron chi connectivity index (χ0n) is 13.2. The van der Waals surface area contributed by atoms with Gasteiger partial charge in [-0.3, -0.25) is 0 Å². The molecule has 21 heavy (non-hydrogen) atoms. The molecule has 0 amide bonds. The molecular weight excluding hydrogens is 260 g/mol. The van der Waals surface area contributed by atoms with E-state index in [-0.39, 0.29) is 0 Å². The Bertz CT molecular complexity index is 425. The Morgan fingerprint density at radius 1 is 1.33 bits per heavy atom. The molecule has 0 unspecified atom stereocenters. The largest absolute Gasteiger partial charge is 0.489 e. The number of nitrogens with one attached hydrogen (secondary N) is 1. The fraction of sp³-hybridized carbons (Fsp3) is 0.556. The maximum absolute atomic E-state index is 5.68. The van der Waals surface area contributed by atoms with Gasteiger partial charge in [0.2, 0.25) is 0 Å². The first-order valence-electron chi connectivity index (χ1n) is 8.00. The number of piperidine rings is 1. The van der Waals surface area contributed by atoms with Crippen LogP contribution in [0.15, 0.2) is 36.9 Å². The van der Waals surface area contributed by atoms with E-state index < -0.39 is 0 Å². The summed E-state index contributed by atoms with van der Waals surface area (Å²) in [5.74, 6) is 1.85. The van der Waals surface area contributed by atoms with E-state index in [0.717, 1.165) is 24.8 Å². The van der Waals surface area contributed by atoms with Crippen LogP contribution >= 0.6 is 0 Å². The Morgan fingerprint density at radius 2 is 2.10 bits per heavy atom. The molecule has 1 aromatic rings. The topological polar surface area (TPSA) is 24.5 Å². The van der Waals surface area contributed by atoms with Crippen molar-refractivity contribution in [1.82, 2.24) is 10.2 Å². The van der Waals surface area contributed by atoms with Gasteiger partial charge in [-0.05, 0) is 57.9 Å². The highest BCUT2D eigenvalue weighted by Gasteiger charge is 2.15. The first-order chi connectivity index (χ1) is 10.3. The van der Waals surface area contributed by atoms with E-state index in [9.17, 15) is 0 Å². The van der Waals surface area contributed by atoms with Gasteiger partial charge in [0.1, 0.15) is 12.4 Å². The van der Waals surface area contributed by atoms with E-state index in [1.165, 1.54) is 37.9 Å². The molecule has 116 valence electrons. The Hall–Kier alpha value is -1.32. The number of hydrogen-bond acceptors (Lipinski definition) is 3. The summed E-state index contributed by atoms with van der Waals surface area (Å²) < 4.78 is 5.68. The molecule has 1 fully saturated rings. The fourth-order valence-corrected chi connectivity index (χ4v) is 2.82. The highest BCUT2D eigenvalue weighted by atomic mass is 16.5. The van der Waals surface area contributed by atoms with Gasteiger partial charge in [0.05, 0.1) is 0 Å². The van der Waals surface area contributed by atoms with E-state index in [1.54, 1.807) is 6.08 Å². The first-order valence-corrected chi connectivity index (χ1v) is 8.00. The monoisotopic (exact) mass is 288 g/mol. The van der Waals surface area contributed by atoms with Gasteiger partial charge in [-0.2, -0.15) is 0 Å². The third kappa shape index (κ3) is 5.52. The van der Waals surface area contributed by atoms with Crippen molar-refractivity contribution >= 4 is 0 Å². The molecular formula is C18H28N2O. The number of hydrogen-bond donors (Lipinski definition) is 1. The predicted octanol–water partition coefficient (Wildman–Crippen LogP) is 3.07. The number of ether oxygens (including phenoxy) is 1. The number of benzene rings is 1. The lowest BCUT2D eigenvalue weighted by Gasteiger charge is -2.28. The van der Waals surface area contributed by atoms with E-state index in [0.29, 0.717) is 6.61 Å². The van der Waals surface area contributed by atoms with Crippen LogP contribution in [0.25, 0.3) is 0 Å². The average Bonchev–Trinajstić information content (AvgIpc) is 2.52. The summed E-state index contributed by atoms with van der Waals surface area (Å²) in [7, 11) is 2.22. The van der Waals surface area contributed by atoms with Crippen LogP contribution in [0.5, 0.6) is 5.75 Å². The van der Waals surface area contributed by atoms with Crippen molar-refractivity contribution in [3.63, 3.8) is 0 Å². The smallest absolute Gasteiger partial charge is 0.124 e. The van der Waals surface area contributed by atoms with Gasteiger partial charge in [0.25, 0.3) is 0 Å². The minimum Gasteiger partial charge on any atom is -0.489 e. The van der Waals surface area contributed by atoms with Gasteiger partial charge in [-0.15, -0.1) is 0 Å². The molecule has 0 bridgehead atoms. The van der Waals surface area contributed by atoms with Gasteiger partial charge in [-0.25, -0.2) is 0 Å². The van der Waals surface area contributed by atoms with Gasteiger partial charge >= 0.3 is 0 Å². The third-order valence-corrected chi connectivity index (χ3v) is 4.21. The number of likely N-dealkylation sites (tertiary alicyclic amines) is 1. The van der Waals surface area contributed by atoms with Crippen LogP contribution < -0.4 is 10.1 Å². The van der Waals surface area contributed by atoms with Crippen molar-refractivity contribution in [2.45, 2.75) is 25.8 Å². The predicted molar refractivity (Wildman–Crippen MR) is 88.7 cm³/mol. The molecule has 2 rings (SSSR count). The molecule has 0 aliphatic carbocycles. The Labute approximate surface area is 129 Å². The summed E-state index contributed by atoms with van der Waals surface area (Å²) >= 11 is 0. The zero-order chi connectivity index (χ0) is 14.9. The highest BCUT2D eigenvalue weighted by molar-refractivity contribution is 5.33. The van der Waals surface area contributed by atoms with Crippen LogP contribution in [0.2, 0.25) is 0 Å². The molecule has 0 aromatic heterocycles.